The Kier molecular flexibility index (Phi) is 5.97. The van der Waals surface area contributed by atoms with Crippen LogP contribution in [0.2, 0.25) is 10.0 Å². The maximum atomic E-state index is 12.3. The normalized spacial score (nSPS) is 12.0. The van der Waals surface area contributed by atoms with Gasteiger partial charge in [0.25, 0.3) is 0 Å². The number of nitrogens with one attached hydrogen (secondary N) is 1. The summed E-state index contributed by atoms with van der Waals surface area (Å²) in [6.45, 7) is 0. The number of alkyl halides is 1. The smallest absolute Gasteiger partial charge is 0.248 e. The van der Waals surface area contributed by atoms with Gasteiger partial charge in [-0.3, -0.25) is 4.79 Å². The Hall–Kier alpha value is -1.59. The van der Waals surface area contributed by atoms with E-state index in [0.717, 1.165) is 16.0 Å². The molecule has 1 aromatic heterocycles. The van der Waals surface area contributed by atoms with E-state index in [-0.39, 0.29) is 5.91 Å². The number of hydrogen-bond donors (Lipinski definition) is 1. The Morgan fingerprint density at radius 1 is 1.12 bits per heavy atom. The summed E-state index contributed by atoms with van der Waals surface area (Å²) in [5, 5.41) is 3.68. The van der Waals surface area contributed by atoms with Gasteiger partial charge in [0, 0.05) is 27.5 Å². The monoisotopic (exact) mass is 410 g/mol. The number of rotatable bonds is 5. The standard InChI is InChI=1S/C18H13Cl3N2OS/c19-13-6-11(7-14(20)9-13)8-15-10-22-18(25-15)23-17(24)16(21)12-4-2-1-3-5-12/h1-7,9-10,16H,8H2,(H,22,23,24). The van der Waals surface area contributed by atoms with Gasteiger partial charge in [-0.25, -0.2) is 4.98 Å². The first-order valence-electron chi connectivity index (χ1n) is 7.41. The molecule has 3 nitrogen and oxygen atoms in total. The first-order chi connectivity index (χ1) is 12.0. The predicted molar refractivity (Wildman–Crippen MR) is 105 cm³/mol. The molecule has 0 aliphatic carbocycles. The summed E-state index contributed by atoms with van der Waals surface area (Å²) >= 11 is 19.6. The molecule has 0 saturated carbocycles. The van der Waals surface area contributed by atoms with E-state index in [1.807, 2.05) is 42.5 Å². The number of nitrogens with zero attached hydrogens (tertiary/aromatic N) is 1. The van der Waals surface area contributed by atoms with Crippen LogP contribution in [-0.4, -0.2) is 10.9 Å². The van der Waals surface area contributed by atoms with E-state index < -0.39 is 5.38 Å². The Bertz CT molecular complexity index is 863. The van der Waals surface area contributed by atoms with Gasteiger partial charge in [-0.2, -0.15) is 0 Å². The summed E-state index contributed by atoms with van der Waals surface area (Å²) in [7, 11) is 0. The molecule has 128 valence electrons. The number of carbonyl (C=O) groups excluding carboxylic acids is 1. The lowest BCUT2D eigenvalue weighted by Gasteiger charge is -2.08. The Morgan fingerprint density at radius 2 is 1.80 bits per heavy atom. The van der Waals surface area contributed by atoms with Crippen molar-refractivity contribution >= 4 is 57.2 Å². The molecular weight excluding hydrogens is 399 g/mol. The highest BCUT2D eigenvalue weighted by Gasteiger charge is 2.18. The molecule has 0 saturated heterocycles. The van der Waals surface area contributed by atoms with Crippen LogP contribution < -0.4 is 5.32 Å². The molecule has 3 rings (SSSR count). The van der Waals surface area contributed by atoms with Crippen LogP contribution in [0.15, 0.2) is 54.7 Å². The summed E-state index contributed by atoms with van der Waals surface area (Å²) in [5.41, 5.74) is 1.73. The number of carbonyl (C=O) groups is 1. The summed E-state index contributed by atoms with van der Waals surface area (Å²) in [5.74, 6) is -0.306. The average molecular weight is 412 g/mol. The van der Waals surface area contributed by atoms with Crippen LogP contribution in [0.3, 0.4) is 0 Å². The molecule has 0 fully saturated rings. The maximum absolute atomic E-state index is 12.3. The van der Waals surface area contributed by atoms with Crippen molar-refractivity contribution in [2.45, 2.75) is 11.8 Å². The average Bonchev–Trinajstić information content (AvgIpc) is 3.00. The van der Waals surface area contributed by atoms with Crippen molar-refractivity contribution in [3.05, 3.63) is 80.8 Å². The van der Waals surface area contributed by atoms with Gasteiger partial charge in [0.15, 0.2) is 5.13 Å². The van der Waals surface area contributed by atoms with Crippen LogP contribution in [-0.2, 0) is 11.2 Å². The van der Waals surface area contributed by atoms with Crippen molar-refractivity contribution in [1.29, 1.82) is 0 Å². The molecule has 0 spiro atoms. The lowest BCUT2D eigenvalue weighted by Crippen LogP contribution is -2.17. The highest BCUT2D eigenvalue weighted by Crippen LogP contribution is 2.27. The zero-order valence-electron chi connectivity index (χ0n) is 12.9. The van der Waals surface area contributed by atoms with Crippen LogP contribution in [0.1, 0.15) is 21.4 Å². The van der Waals surface area contributed by atoms with Gasteiger partial charge >= 0.3 is 0 Å². The molecule has 0 bridgehead atoms. The molecule has 25 heavy (non-hydrogen) atoms. The first kappa shape index (κ1) is 18.2. The highest BCUT2D eigenvalue weighted by molar-refractivity contribution is 7.15. The molecule has 0 aliphatic rings. The van der Waals surface area contributed by atoms with E-state index >= 15 is 0 Å². The predicted octanol–water partition coefficient (Wildman–Crippen LogP) is 5.96. The van der Waals surface area contributed by atoms with Gasteiger partial charge in [-0.05, 0) is 29.3 Å². The van der Waals surface area contributed by atoms with E-state index in [1.54, 1.807) is 12.3 Å². The number of aromatic nitrogens is 1. The summed E-state index contributed by atoms with van der Waals surface area (Å²) < 4.78 is 0. The molecule has 3 aromatic rings. The number of hydrogen-bond acceptors (Lipinski definition) is 3. The topological polar surface area (TPSA) is 42.0 Å². The maximum Gasteiger partial charge on any atom is 0.248 e. The largest absolute Gasteiger partial charge is 0.300 e. The number of benzene rings is 2. The van der Waals surface area contributed by atoms with Crippen LogP contribution >= 0.6 is 46.1 Å². The quantitative estimate of drug-likeness (QED) is 0.526. The third-order valence-electron chi connectivity index (χ3n) is 3.41. The fourth-order valence-electron chi connectivity index (χ4n) is 2.30. The van der Waals surface area contributed by atoms with Crippen molar-refractivity contribution < 1.29 is 4.79 Å². The Labute approximate surface area is 164 Å². The van der Waals surface area contributed by atoms with Crippen LogP contribution in [0, 0.1) is 0 Å². The lowest BCUT2D eigenvalue weighted by molar-refractivity contribution is -0.116. The fraction of sp³-hybridized carbons (Fsp3) is 0.111. The molecule has 1 N–H and O–H groups in total. The minimum atomic E-state index is -0.764. The van der Waals surface area contributed by atoms with Crippen molar-refractivity contribution in [2.75, 3.05) is 5.32 Å². The lowest BCUT2D eigenvalue weighted by atomic mass is 10.1. The van der Waals surface area contributed by atoms with Gasteiger partial charge in [0.1, 0.15) is 5.38 Å². The SMILES string of the molecule is O=C(Nc1ncc(Cc2cc(Cl)cc(Cl)c2)s1)C(Cl)c1ccccc1. The molecular formula is C18H13Cl3N2OS. The van der Waals surface area contributed by atoms with E-state index in [4.69, 9.17) is 34.8 Å². The van der Waals surface area contributed by atoms with E-state index in [2.05, 4.69) is 10.3 Å². The zero-order valence-corrected chi connectivity index (χ0v) is 16.0. The minimum absolute atomic E-state index is 0.306. The van der Waals surface area contributed by atoms with E-state index in [9.17, 15) is 4.79 Å². The fourth-order valence-corrected chi connectivity index (χ4v) is 3.92. The first-order valence-corrected chi connectivity index (χ1v) is 9.42. The molecule has 0 aliphatic heterocycles. The molecule has 1 unspecified atom stereocenters. The number of thiazole rings is 1. The number of halogens is 3. The van der Waals surface area contributed by atoms with Crippen LogP contribution in [0.4, 0.5) is 5.13 Å². The van der Waals surface area contributed by atoms with Crippen molar-refractivity contribution in [2.24, 2.45) is 0 Å². The molecule has 1 atom stereocenters. The van der Waals surface area contributed by atoms with Gasteiger partial charge in [0.05, 0.1) is 0 Å². The van der Waals surface area contributed by atoms with Gasteiger partial charge in [-0.15, -0.1) is 22.9 Å². The third-order valence-corrected chi connectivity index (χ3v) is 5.21. The molecule has 1 heterocycles. The summed E-state index contributed by atoms with van der Waals surface area (Å²) in [6, 6.07) is 14.6. The van der Waals surface area contributed by atoms with E-state index in [1.165, 1.54) is 11.3 Å². The van der Waals surface area contributed by atoms with Crippen molar-refractivity contribution in [3.63, 3.8) is 0 Å². The second-order valence-corrected chi connectivity index (χ2v) is 7.77. The van der Waals surface area contributed by atoms with Gasteiger partial charge in [0.2, 0.25) is 5.91 Å². The van der Waals surface area contributed by atoms with Crippen molar-refractivity contribution in [3.8, 4) is 0 Å². The van der Waals surface area contributed by atoms with Crippen LogP contribution in [0.25, 0.3) is 0 Å². The van der Waals surface area contributed by atoms with Crippen LogP contribution in [0.5, 0.6) is 0 Å². The van der Waals surface area contributed by atoms with Gasteiger partial charge in [-0.1, -0.05) is 53.5 Å². The number of amides is 1. The third kappa shape index (κ3) is 4.95. The molecule has 1 amide bonds. The number of anilines is 1. The molecule has 7 heteroatoms. The minimum Gasteiger partial charge on any atom is -0.300 e. The molecule has 2 aromatic carbocycles. The highest BCUT2D eigenvalue weighted by atomic mass is 35.5. The molecule has 0 radical (unpaired) electrons. The van der Waals surface area contributed by atoms with Gasteiger partial charge < -0.3 is 5.32 Å². The Morgan fingerprint density at radius 3 is 2.48 bits per heavy atom. The van der Waals surface area contributed by atoms with E-state index in [0.29, 0.717) is 21.6 Å². The summed E-state index contributed by atoms with van der Waals surface area (Å²) in [6.07, 6.45) is 2.36. The Balaban J connectivity index is 1.66. The second kappa shape index (κ2) is 8.19. The summed E-state index contributed by atoms with van der Waals surface area (Å²) in [4.78, 5) is 17.5. The van der Waals surface area contributed by atoms with Crippen molar-refractivity contribution in [1.82, 2.24) is 4.98 Å². The zero-order chi connectivity index (χ0) is 17.8. The second-order valence-electron chi connectivity index (χ2n) is 5.35.